The van der Waals surface area contributed by atoms with Gasteiger partial charge in [0.05, 0.1) is 5.69 Å². The second kappa shape index (κ2) is 8.41. The first-order valence-electron chi connectivity index (χ1n) is 6.99. The lowest BCUT2D eigenvalue weighted by Crippen LogP contribution is -2.25. The Hall–Kier alpha value is -2.05. The molecule has 0 bridgehead atoms. The molecular weight excluding hydrogens is 304 g/mol. The Labute approximate surface area is 135 Å². The van der Waals surface area contributed by atoms with Crippen LogP contribution < -0.4 is 16.6 Å². The lowest BCUT2D eigenvalue weighted by Gasteiger charge is -2.04. The molecule has 0 fully saturated rings. The van der Waals surface area contributed by atoms with E-state index in [0.29, 0.717) is 18.8 Å². The topological polar surface area (TPSA) is 92.9 Å². The summed E-state index contributed by atoms with van der Waals surface area (Å²) in [6.07, 6.45) is 1.69. The SMILES string of the molecule is Cc1ccc(-n2[nH]c(C(=O)NCCCCN)cc2=O)cc1.Cl. The molecule has 7 heteroatoms. The highest BCUT2D eigenvalue weighted by Crippen LogP contribution is 2.06. The Kier molecular flexibility index (Phi) is 6.88. The molecule has 0 radical (unpaired) electrons. The van der Waals surface area contributed by atoms with Crippen molar-refractivity contribution in [2.75, 3.05) is 13.1 Å². The Morgan fingerprint density at radius 2 is 1.95 bits per heavy atom. The van der Waals surface area contributed by atoms with Crippen molar-refractivity contribution >= 4 is 18.3 Å². The van der Waals surface area contributed by atoms with Gasteiger partial charge in [0.25, 0.3) is 11.5 Å². The van der Waals surface area contributed by atoms with E-state index in [0.717, 1.165) is 18.4 Å². The van der Waals surface area contributed by atoms with Crippen LogP contribution in [0.5, 0.6) is 0 Å². The van der Waals surface area contributed by atoms with E-state index in [9.17, 15) is 9.59 Å². The number of halogens is 1. The predicted octanol–water partition coefficient (Wildman–Crippen LogP) is 1.36. The van der Waals surface area contributed by atoms with Gasteiger partial charge in [-0.2, -0.15) is 0 Å². The number of unbranched alkanes of at least 4 members (excludes halogenated alkanes) is 1. The number of nitrogens with zero attached hydrogens (tertiary/aromatic N) is 1. The minimum Gasteiger partial charge on any atom is -0.351 e. The van der Waals surface area contributed by atoms with Crippen LogP contribution in [-0.2, 0) is 0 Å². The number of hydrogen-bond acceptors (Lipinski definition) is 3. The van der Waals surface area contributed by atoms with Crippen molar-refractivity contribution in [2.45, 2.75) is 19.8 Å². The zero-order valence-electron chi connectivity index (χ0n) is 12.5. The maximum Gasteiger partial charge on any atom is 0.271 e. The minimum absolute atomic E-state index is 0. The summed E-state index contributed by atoms with van der Waals surface area (Å²) in [6.45, 7) is 3.13. The summed E-state index contributed by atoms with van der Waals surface area (Å²) in [6, 6.07) is 8.79. The summed E-state index contributed by atoms with van der Waals surface area (Å²) in [4.78, 5) is 23.9. The predicted molar refractivity (Wildman–Crippen MR) is 89.0 cm³/mol. The molecule has 1 aromatic carbocycles. The van der Waals surface area contributed by atoms with Crippen LogP contribution in [0.2, 0.25) is 0 Å². The summed E-state index contributed by atoms with van der Waals surface area (Å²) >= 11 is 0. The number of rotatable bonds is 6. The highest BCUT2D eigenvalue weighted by molar-refractivity contribution is 5.92. The smallest absolute Gasteiger partial charge is 0.271 e. The fourth-order valence-electron chi connectivity index (χ4n) is 1.96. The number of aryl methyl sites for hydroxylation is 1. The molecule has 2 rings (SSSR count). The lowest BCUT2D eigenvalue weighted by molar-refractivity contribution is 0.0947. The van der Waals surface area contributed by atoms with Gasteiger partial charge in [-0.15, -0.1) is 12.4 Å². The second-order valence-corrected chi connectivity index (χ2v) is 4.93. The molecule has 1 amide bonds. The zero-order chi connectivity index (χ0) is 15.2. The fraction of sp³-hybridized carbons (Fsp3) is 0.333. The number of hydrogen-bond donors (Lipinski definition) is 3. The monoisotopic (exact) mass is 324 g/mol. The number of benzene rings is 1. The number of aromatic amines is 1. The van der Waals surface area contributed by atoms with Crippen LogP contribution in [0.4, 0.5) is 0 Å². The van der Waals surface area contributed by atoms with Gasteiger partial charge in [0.15, 0.2) is 0 Å². The van der Waals surface area contributed by atoms with Crippen LogP contribution in [0.1, 0.15) is 28.9 Å². The van der Waals surface area contributed by atoms with Crippen molar-refractivity contribution in [2.24, 2.45) is 5.73 Å². The molecule has 0 saturated heterocycles. The van der Waals surface area contributed by atoms with Gasteiger partial charge in [-0.1, -0.05) is 17.7 Å². The molecule has 0 saturated carbocycles. The van der Waals surface area contributed by atoms with Crippen molar-refractivity contribution in [1.82, 2.24) is 15.1 Å². The first kappa shape index (κ1) is 18.0. The van der Waals surface area contributed by atoms with E-state index in [-0.39, 0.29) is 29.6 Å². The number of carbonyl (C=O) groups is 1. The van der Waals surface area contributed by atoms with E-state index in [2.05, 4.69) is 10.4 Å². The van der Waals surface area contributed by atoms with Crippen molar-refractivity contribution in [1.29, 1.82) is 0 Å². The van der Waals surface area contributed by atoms with Crippen molar-refractivity contribution in [3.8, 4) is 5.69 Å². The molecule has 120 valence electrons. The summed E-state index contributed by atoms with van der Waals surface area (Å²) < 4.78 is 1.36. The number of nitrogens with two attached hydrogens (primary N) is 1. The molecule has 0 aliphatic carbocycles. The van der Waals surface area contributed by atoms with Crippen molar-refractivity contribution < 1.29 is 4.79 Å². The van der Waals surface area contributed by atoms with Gasteiger partial charge in [-0.3, -0.25) is 14.7 Å². The first-order valence-corrected chi connectivity index (χ1v) is 6.99. The molecule has 0 unspecified atom stereocenters. The number of carbonyl (C=O) groups excluding carboxylic acids is 1. The summed E-state index contributed by atoms with van der Waals surface area (Å²) in [5, 5.41) is 5.58. The highest BCUT2D eigenvalue weighted by Gasteiger charge is 2.11. The standard InChI is InChI=1S/C15H20N4O2.ClH/c1-11-4-6-12(7-5-11)19-14(20)10-13(18-19)15(21)17-9-3-2-8-16;/h4-7,10,18H,2-3,8-9,16H2,1H3,(H,17,21);1H. The largest absolute Gasteiger partial charge is 0.351 e. The molecule has 6 nitrogen and oxygen atoms in total. The average Bonchev–Trinajstić information content (AvgIpc) is 2.86. The van der Waals surface area contributed by atoms with Crippen molar-refractivity contribution in [3.63, 3.8) is 0 Å². The first-order chi connectivity index (χ1) is 10.1. The average molecular weight is 325 g/mol. The number of amides is 1. The van der Waals surface area contributed by atoms with E-state index in [1.165, 1.54) is 10.7 Å². The van der Waals surface area contributed by atoms with Gasteiger partial charge in [-0.05, 0) is 38.4 Å². The summed E-state index contributed by atoms with van der Waals surface area (Å²) in [7, 11) is 0. The van der Waals surface area contributed by atoms with Crippen LogP contribution in [0.3, 0.4) is 0 Å². The Morgan fingerprint density at radius 3 is 2.59 bits per heavy atom. The molecule has 2 aromatic rings. The lowest BCUT2D eigenvalue weighted by atomic mass is 10.2. The van der Waals surface area contributed by atoms with E-state index >= 15 is 0 Å². The Bertz CT molecular complexity index is 661. The van der Waals surface area contributed by atoms with E-state index in [1.54, 1.807) is 0 Å². The third kappa shape index (κ3) is 4.47. The molecule has 0 aliphatic rings. The van der Waals surface area contributed by atoms with E-state index in [4.69, 9.17) is 5.73 Å². The summed E-state index contributed by atoms with van der Waals surface area (Å²) in [5.74, 6) is -0.282. The van der Waals surface area contributed by atoms with Gasteiger partial charge in [0, 0.05) is 12.6 Å². The van der Waals surface area contributed by atoms with Gasteiger partial charge >= 0.3 is 0 Å². The highest BCUT2D eigenvalue weighted by atomic mass is 35.5. The minimum atomic E-state index is -0.282. The van der Waals surface area contributed by atoms with Crippen LogP contribution in [0.15, 0.2) is 35.1 Å². The quantitative estimate of drug-likeness (QED) is 0.700. The van der Waals surface area contributed by atoms with Gasteiger partial charge in [-0.25, -0.2) is 4.68 Å². The molecule has 22 heavy (non-hydrogen) atoms. The molecule has 1 heterocycles. The molecule has 0 atom stereocenters. The zero-order valence-corrected chi connectivity index (χ0v) is 13.3. The van der Waals surface area contributed by atoms with E-state index < -0.39 is 0 Å². The maximum absolute atomic E-state index is 11.9. The Balaban J connectivity index is 0.00000242. The third-order valence-corrected chi connectivity index (χ3v) is 3.17. The fourth-order valence-corrected chi connectivity index (χ4v) is 1.96. The van der Waals surface area contributed by atoms with E-state index in [1.807, 2.05) is 31.2 Å². The van der Waals surface area contributed by atoms with Crippen LogP contribution in [-0.4, -0.2) is 28.8 Å². The van der Waals surface area contributed by atoms with Crippen LogP contribution in [0, 0.1) is 6.92 Å². The molecule has 1 aromatic heterocycles. The Morgan fingerprint density at radius 1 is 1.27 bits per heavy atom. The van der Waals surface area contributed by atoms with Crippen molar-refractivity contribution in [3.05, 3.63) is 51.9 Å². The number of H-pyrrole nitrogens is 1. The second-order valence-electron chi connectivity index (χ2n) is 4.93. The van der Waals surface area contributed by atoms with Gasteiger partial charge in [0.1, 0.15) is 5.69 Å². The van der Waals surface area contributed by atoms with Gasteiger partial charge in [0.2, 0.25) is 0 Å². The molecule has 0 aliphatic heterocycles. The molecular formula is C15H21ClN4O2. The van der Waals surface area contributed by atoms with Gasteiger partial charge < -0.3 is 11.1 Å². The number of aromatic nitrogens is 2. The summed E-state index contributed by atoms with van der Waals surface area (Å²) in [5.41, 5.74) is 7.20. The third-order valence-electron chi connectivity index (χ3n) is 3.17. The molecule has 0 spiro atoms. The maximum atomic E-state index is 11.9. The normalized spacial score (nSPS) is 10.1. The number of nitrogens with one attached hydrogen (secondary N) is 2. The van der Waals surface area contributed by atoms with Crippen LogP contribution in [0.25, 0.3) is 5.69 Å². The molecule has 4 N–H and O–H groups in total. The van der Waals surface area contributed by atoms with Crippen LogP contribution >= 0.6 is 12.4 Å².